The molecular weight excluding hydrogens is 284 g/mol. The van der Waals surface area contributed by atoms with Crippen molar-refractivity contribution in [3.63, 3.8) is 0 Å². The number of nitrogens with two attached hydrogens (primary N) is 1. The standard InChI is InChI=1S/C11H12N4O4S/c12-10-6-3-7-11(13-10)14-20(18,19)9-5-2-1-4-8(9)15(16)17/h1-7,16-17H,(H3,12,13,14). The summed E-state index contributed by atoms with van der Waals surface area (Å²) >= 11 is 0. The minimum Gasteiger partial charge on any atom is -0.384 e. The lowest BCUT2D eigenvalue weighted by atomic mass is 10.3. The summed E-state index contributed by atoms with van der Waals surface area (Å²) in [6.07, 6.45) is 0. The van der Waals surface area contributed by atoms with Crippen molar-refractivity contribution in [1.29, 1.82) is 0 Å². The minimum atomic E-state index is -4.04. The third-order valence-corrected chi connectivity index (χ3v) is 3.78. The Labute approximate surface area is 115 Å². The molecule has 1 aromatic carbocycles. The van der Waals surface area contributed by atoms with Crippen LogP contribution in [0, 0.1) is 0 Å². The van der Waals surface area contributed by atoms with Crippen molar-refractivity contribution in [3.05, 3.63) is 42.5 Å². The van der Waals surface area contributed by atoms with Crippen molar-refractivity contribution in [2.24, 2.45) is 0 Å². The molecule has 106 valence electrons. The lowest BCUT2D eigenvalue weighted by Gasteiger charge is -2.14. The van der Waals surface area contributed by atoms with Crippen LogP contribution in [0.25, 0.3) is 0 Å². The molecule has 0 amide bonds. The maximum absolute atomic E-state index is 12.2. The van der Waals surface area contributed by atoms with Gasteiger partial charge in [-0.3, -0.25) is 15.1 Å². The topological polar surface area (TPSA) is 129 Å². The molecule has 5 N–H and O–H groups in total. The van der Waals surface area contributed by atoms with Gasteiger partial charge in [0.15, 0.2) is 0 Å². The molecule has 0 saturated heterocycles. The van der Waals surface area contributed by atoms with Gasteiger partial charge in [-0.1, -0.05) is 18.2 Å². The molecule has 0 atom stereocenters. The number of aromatic nitrogens is 1. The zero-order valence-electron chi connectivity index (χ0n) is 10.1. The first-order valence-corrected chi connectivity index (χ1v) is 6.91. The molecule has 9 heteroatoms. The maximum atomic E-state index is 12.2. The van der Waals surface area contributed by atoms with Crippen LogP contribution in [0.2, 0.25) is 0 Å². The molecule has 2 rings (SSSR count). The van der Waals surface area contributed by atoms with E-state index in [0.717, 1.165) is 0 Å². The fraction of sp³-hybridized carbons (Fsp3) is 0. The molecule has 0 saturated carbocycles. The van der Waals surface area contributed by atoms with Crippen LogP contribution in [-0.2, 0) is 10.0 Å². The van der Waals surface area contributed by atoms with Gasteiger partial charge in [0.2, 0.25) is 0 Å². The van der Waals surface area contributed by atoms with Crippen LogP contribution < -0.4 is 15.7 Å². The molecule has 20 heavy (non-hydrogen) atoms. The Kier molecular flexibility index (Phi) is 3.74. The Hall–Kier alpha value is -2.36. The van der Waals surface area contributed by atoms with Crippen molar-refractivity contribution < 1.29 is 18.8 Å². The fourth-order valence-electron chi connectivity index (χ4n) is 1.55. The van der Waals surface area contributed by atoms with Crippen LogP contribution >= 0.6 is 0 Å². The average Bonchev–Trinajstić information content (AvgIpc) is 2.38. The van der Waals surface area contributed by atoms with E-state index in [9.17, 15) is 8.42 Å². The van der Waals surface area contributed by atoms with Gasteiger partial charge in [-0.15, -0.1) is 5.23 Å². The Balaban J connectivity index is 2.41. The summed E-state index contributed by atoms with van der Waals surface area (Å²) in [5.74, 6) is 0.187. The minimum absolute atomic E-state index is 0.0298. The number of hydrogen-bond acceptors (Lipinski definition) is 7. The van der Waals surface area contributed by atoms with E-state index in [2.05, 4.69) is 9.71 Å². The molecule has 0 spiro atoms. The molecule has 0 bridgehead atoms. The van der Waals surface area contributed by atoms with E-state index in [4.69, 9.17) is 16.1 Å². The molecule has 8 nitrogen and oxygen atoms in total. The second-order valence-corrected chi connectivity index (χ2v) is 5.46. The molecule has 0 aliphatic heterocycles. The zero-order chi connectivity index (χ0) is 14.8. The molecule has 0 aliphatic carbocycles. The number of pyridine rings is 1. The van der Waals surface area contributed by atoms with Gasteiger partial charge in [0.1, 0.15) is 22.2 Å². The Morgan fingerprint density at radius 1 is 1.10 bits per heavy atom. The van der Waals surface area contributed by atoms with Gasteiger partial charge in [0, 0.05) is 0 Å². The van der Waals surface area contributed by atoms with E-state index in [0.29, 0.717) is 0 Å². The number of nitrogens with one attached hydrogen (secondary N) is 1. The SMILES string of the molecule is Nc1cccc(NS(=O)(=O)c2ccccc2N(O)O)n1. The summed E-state index contributed by atoms with van der Waals surface area (Å²) in [5, 5.41) is 17.8. The van der Waals surface area contributed by atoms with E-state index in [-0.39, 0.29) is 27.4 Å². The highest BCUT2D eigenvalue weighted by atomic mass is 32.2. The predicted molar refractivity (Wildman–Crippen MR) is 72.0 cm³/mol. The van der Waals surface area contributed by atoms with Gasteiger partial charge in [0.25, 0.3) is 10.0 Å². The summed E-state index contributed by atoms with van der Waals surface area (Å²) in [6, 6.07) is 9.85. The molecule has 0 unspecified atom stereocenters. The predicted octanol–water partition coefficient (Wildman–Crippen LogP) is 1.05. The number of hydrogen-bond donors (Lipinski definition) is 4. The number of rotatable bonds is 4. The number of anilines is 3. The normalized spacial score (nSPS) is 11.1. The summed E-state index contributed by atoms with van der Waals surface area (Å²) in [7, 11) is -4.04. The van der Waals surface area contributed by atoms with Crippen LogP contribution in [0.1, 0.15) is 0 Å². The Bertz CT molecular complexity index is 718. The molecule has 0 fully saturated rings. The van der Waals surface area contributed by atoms with Crippen LogP contribution in [0.4, 0.5) is 17.3 Å². The van der Waals surface area contributed by atoms with Crippen molar-refractivity contribution in [3.8, 4) is 0 Å². The molecule has 0 aliphatic rings. The number of para-hydroxylation sites is 1. The van der Waals surface area contributed by atoms with Gasteiger partial charge >= 0.3 is 0 Å². The van der Waals surface area contributed by atoms with Gasteiger partial charge in [-0.25, -0.2) is 13.4 Å². The van der Waals surface area contributed by atoms with E-state index in [1.165, 1.54) is 42.5 Å². The summed E-state index contributed by atoms with van der Waals surface area (Å²) < 4.78 is 26.6. The van der Waals surface area contributed by atoms with Crippen molar-refractivity contribution in [1.82, 2.24) is 4.98 Å². The van der Waals surface area contributed by atoms with Gasteiger partial charge in [-0.2, -0.15) is 0 Å². The first-order chi connectivity index (χ1) is 9.40. The van der Waals surface area contributed by atoms with E-state index < -0.39 is 10.0 Å². The highest BCUT2D eigenvalue weighted by molar-refractivity contribution is 7.92. The average molecular weight is 296 g/mol. The van der Waals surface area contributed by atoms with Crippen LogP contribution in [0.3, 0.4) is 0 Å². The van der Waals surface area contributed by atoms with Gasteiger partial charge in [0.05, 0.1) is 0 Å². The number of benzene rings is 1. The van der Waals surface area contributed by atoms with Gasteiger partial charge in [-0.05, 0) is 24.3 Å². The van der Waals surface area contributed by atoms with Crippen molar-refractivity contribution in [2.45, 2.75) is 4.90 Å². The molecule has 1 heterocycles. The number of nitrogen functional groups attached to an aromatic ring is 1. The molecule has 2 aromatic rings. The molecular formula is C11H12N4O4S. The summed E-state index contributed by atoms with van der Waals surface area (Å²) in [5.41, 5.74) is 5.17. The van der Waals surface area contributed by atoms with Crippen LogP contribution in [0.15, 0.2) is 47.4 Å². The third-order valence-electron chi connectivity index (χ3n) is 2.38. The highest BCUT2D eigenvalue weighted by Gasteiger charge is 2.21. The second-order valence-electron chi connectivity index (χ2n) is 3.81. The van der Waals surface area contributed by atoms with Gasteiger partial charge < -0.3 is 5.73 Å². The number of sulfonamides is 1. The van der Waals surface area contributed by atoms with Crippen LogP contribution in [-0.4, -0.2) is 23.8 Å². The van der Waals surface area contributed by atoms with Crippen molar-refractivity contribution >= 4 is 27.3 Å². The first kappa shape index (κ1) is 14.1. The smallest absolute Gasteiger partial charge is 0.265 e. The summed E-state index contributed by atoms with van der Waals surface area (Å²) in [6.45, 7) is 0. The van der Waals surface area contributed by atoms with E-state index in [1.54, 1.807) is 0 Å². The fourth-order valence-corrected chi connectivity index (χ4v) is 2.73. The van der Waals surface area contributed by atoms with Crippen LogP contribution in [0.5, 0.6) is 0 Å². The van der Waals surface area contributed by atoms with E-state index in [1.807, 2.05) is 0 Å². The lowest BCUT2D eigenvalue weighted by molar-refractivity contribution is 0.0276. The maximum Gasteiger partial charge on any atom is 0.265 e. The second kappa shape index (κ2) is 5.33. The molecule has 0 radical (unpaired) electrons. The lowest BCUT2D eigenvalue weighted by Crippen LogP contribution is -2.20. The molecule has 1 aromatic heterocycles. The van der Waals surface area contributed by atoms with E-state index >= 15 is 0 Å². The quantitative estimate of drug-likeness (QED) is 0.620. The Morgan fingerprint density at radius 2 is 1.80 bits per heavy atom. The monoisotopic (exact) mass is 296 g/mol. The summed E-state index contributed by atoms with van der Waals surface area (Å²) in [4.78, 5) is 3.50. The third kappa shape index (κ3) is 2.96. The zero-order valence-corrected chi connectivity index (χ0v) is 10.9. The number of nitrogens with zero attached hydrogens (tertiary/aromatic N) is 2. The van der Waals surface area contributed by atoms with Crippen molar-refractivity contribution in [2.75, 3.05) is 15.7 Å². The first-order valence-electron chi connectivity index (χ1n) is 5.42. The largest absolute Gasteiger partial charge is 0.384 e. The Morgan fingerprint density at radius 3 is 2.45 bits per heavy atom. The highest BCUT2D eigenvalue weighted by Crippen LogP contribution is 2.24.